The second-order valence-electron chi connectivity index (χ2n) is 7.31. The lowest BCUT2D eigenvalue weighted by Crippen LogP contribution is -2.45. The zero-order valence-corrected chi connectivity index (χ0v) is 18.4. The minimum absolute atomic E-state index is 0.0446. The zero-order chi connectivity index (χ0) is 22.2. The van der Waals surface area contributed by atoms with Gasteiger partial charge in [-0.25, -0.2) is 4.79 Å². The minimum Gasteiger partial charge on any atom is -0.496 e. The van der Waals surface area contributed by atoms with E-state index in [2.05, 4.69) is 5.32 Å². The van der Waals surface area contributed by atoms with Crippen LogP contribution in [0.2, 0.25) is 0 Å². The molecule has 0 radical (unpaired) electrons. The first kappa shape index (κ1) is 22.7. The fourth-order valence-electron chi connectivity index (χ4n) is 3.76. The first-order chi connectivity index (χ1) is 15.1. The van der Waals surface area contributed by atoms with Crippen molar-refractivity contribution in [1.82, 2.24) is 15.1 Å². The summed E-state index contributed by atoms with van der Waals surface area (Å²) in [5.41, 5.74) is 1.94. The topological polar surface area (TPSA) is 89.6 Å². The van der Waals surface area contributed by atoms with Crippen LogP contribution in [0.3, 0.4) is 0 Å². The van der Waals surface area contributed by atoms with Crippen LogP contribution in [0, 0.1) is 0 Å². The number of nitrogens with one attached hydrogen (secondary N) is 1. The highest BCUT2D eigenvalue weighted by Crippen LogP contribution is 2.40. The van der Waals surface area contributed by atoms with E-state index in [0.717, 1.165) is 11.1 Å². The van der Waals surface area contributed by atoms with Gasteiger partial charge in [-0.2, -0.15) is 0 Å². The van der Waals surface area contributed by atoms with Crippen LogP contribution in [-0.4, -0.2) is 89.0 Å². The van der Waals surface area contributed by atoms with Gasteiger partial charge in [0, 0.05) is 51.3 Å². The molecule has 0 saturated carbocycles. The van der Waals surface area contributed by atoms with E-state index < -0.39 is 0 Å². The molecule has 31 heavy (non-hydrogen) atoms. The summed E-state index contributed by atoms with van der Waals surface area (Å²) < 4.78 is 21.7. The smallest absolute Gasteiger partial charge is 0.317 e. The van der Waals surface area contributed by atoms with Crippen molar-refractivity contribution in [1.29, 1.82) is 0 Å². The van der Waals surface area contributed by atoms with Crippen LogP contribution < -0.4 is 19.5 Å². The van der Waals surface area contributed by atoms with E-state index in [0.29, 0.717) is 76.0 Å². The average Bonchev–Trinajstić information content (AvgIpc) is 2.83. The van der Waals surface area contributed by atoms with Crippen molar-refractivity contribution in [2.75, 3.05) is 67.3 Å². The van der Waals surface area contributed by atoms with Gasteiger partial charge in [-0.05, 0) is 12.0 Å². The van der Waals surface area contributed by atoms with Crippen LogP contribution >= 0.6 is 0 Å². The first-order valence-corrected chi connectivity index (χ1v) is 10.4. The molecule has 170 valence electrons. The normalized spacial score (nSPS) is 16.4. The third kappa shape index (κ3) is 5.61. The molecule has 3 rings (SSSR count). The number of benzene rings is 1. The van der Waals surface area contributed by atoms with Crippen LogP contribution in [0.1, 0.15) is 18.4 Å². The summed E-state index contributed by atoms with van der Waals surface area (Å²) in [6, 6.07) is 3.48. The van der Waals surface area contributed by atoms with Gasteiger partial charge in [-0.3, -0.25) is 4.79 Å². The van der Waals surface area contributed by atoms with E-state index in [-0.39, 0.29) is 11.9 Å². The quantitative estimate of drug-likeness (QED) is 0.705. The van der Waals surface area contributed by atoms with E-state index in [1.807, 2.05) is 18.2 Å². The summed E-state index contributed by atoms with van der Waals surface area (Å²) in [4.78, 5) is 28.2. The van der Waals surface area contributed by atoms with Gasteiger partial charge in [-0.15, -0.1) is 0 Å². The standard InChI is InChI=1S/C22H31N3O6/c1-28-17-14-18(29-2)21(19(15-17)30-3)16-5-8-25(9-6-16)22(27)23-7-4-20(26)24-10-12-31-13-11-24/h5,14-15H,4,6-13H2,1-3H3,(H,23,27). The number of urea groups is 1. The van der Waals surface area contributed by atoms with Crippen LogP contribution in [0.4, 0.5) is 4.79 Å². The molecule has 2 aliphatic rings. The van der Waals surface area contributed by atoms with E-state index in [9.17, 15) is 9.59 Å². The molecule has 2 aliphatic heterocycles. The molecule has 0 spiro atoms. The van der Waals surface area contributed by atoms with Crippen molar-refractivity contribution in [3.63, 3.8) is 0 Å². The van der Waals surface area contributed by atoms with Crippen molar-refractivity contribution in [2.45, 2.75) is 12.8 Å². The Balaban J connectivity index is 1.56. The van der Waals surface area contributed by atoms with Gasteiger partial charge in [0.1, 0.15) is 17.2 Å². The van der Waals surface area contributed by atoms with Gasteiger partial charge in [0.15, 0.2) is 0 Å². The van der Waals surface area contributed by atoms with Crippen molar-refractivity contribution in [3.05, 3.63) is 23.8 Å². The number of morpholine rings is 1. The van der Waals surface area contributed by atoms with Crippen molar-refractivity contribution < 1.29 is 28.5 Å². The lowest BCUT2D eigenvalue weighted by molar-refractivity contribution is -0.135. The molecule has 0 bridgehead atoms. The molecule has 9 heteroatoms. The molecule has 2 heterocycles. The van der Waals surface area contributed by atoms with Gasteiger partial charge in [0.05, 0.1) is 40.1 Å². The van der Waals surface area contributed by atoms with Crippen LogP contribution in [0.5, 0.6) is 17.2 Å². The number of rotatable bonds is 7. The van der Waals surface area contributed by atoms with E-state index in [4.69, 9.17) is 18.9 Å². The maximum Gasteiger partial charge on any atom is 0.317 e. The predicted molar refractivity (Wildman–Crippen MR) is 116 cm³/mol. The number of hydrogen-bond acceptors (Lipinski definition) is 6. The Labute approximate surface area is 182 Å². The number of amides is 3. The molecule has 0 atom stereocenters. The van der Waals surface area contributed by atoms with Gasteiger partial charge in [0.2, 0.25) is 5.91 Å². The van der Waals surface area contributed by atoms with Crippen molar-refractivity contribution in [2.24, 2.45) is 0 Å². The Hall–Kier alpha value is -2.94. The van der Waals surface area contributed by atoms with Gasteiger partial charge < -0.3 is 34.1 Å². The highest BCUT2D eigenvalue weighted by atomic mass is 16.5. The molecule has 3 amide bonds. The number of carbonyl (C=O) groups is 2. The summed E-state index contributed by atoms with van der Waals surface area (Å²) in [5.74, 6) is 2.04. The number of hydrogen-bond donors (Lipinski definition) is 1. The second-order valence-corrected chi connectivity index (χ2v) is 7.31. The van der Waals surface area contributed by atoms with Crippen LogP contribution in [0.25, 0.3) is 5.57 Å². The molecular weight excluding hydrogens is 402 g/mol. The lowest BCUT2D eigenvalue weighted by Gasteiger charge is -2.29. The fraction of sp³-hybridized carbons (Fsp3) is 0.545. The fourth-order valence-corrected chi connectivity index (χ4v) is 3.76. The van der Waals surface area contributed by atoms with Gasteiger partial charge in [0.25, 0.3) is 0 Å². The highest BCUT2D eigenvalue weighted by Gasteiger charge is 2.23. The second kappa shape index (κ2) is 10.9. The summed E-state index contributed by atoms with van der Waals surface area (Å²) >= 11 is 0. The number of nitrogens with zero attached hydrogens (tertiary/aromatic N) is 2. The maximum atomic E-state index is 12.5. The Bertz CT molecular complexity index is 794. The van der Waals surface area contributed by atoms with E-state index in [1.54, 1.807) is 31.1 Å². The summed E-state index contributed by atoms with van der Waals surface area (Å²) in [7, 11) is 4.82. The number of ether oxygens (including phenoxy) is 4. The molecule has 1 N–H and O–H groups in total. The van der Waals surface area contributed by atoms with E-state index >= 15 is 0 Å². The molecule has 1 aromatic rings. The molecule has 1 fully saturated rings. The molecule has 0 aliphatic carbocycles. The van der Waals surface area contributed by atoms with E-state index in [1.165, 1.54) is 0 Å². The lowest BCUT2D eigenvalue weighted by atomic mass is 9.97. The zero-order valence-electron chi connectivity index (χ0n) is 18.4. The highest BCUT2D eigenvalue weighted by molar-refractivity contribution is 5.81. The third-order valence-electron chi connectivity index (χ3n) is 5.51. The Morgan fingerprint density at radius 2 is 1.68 bits per heavy atom. The maximum absolute atomic E-state index is 12.5. The van der Waals surface area contributed by atoms with Gasteiger partial charge >= 0.3 is 6.03 Å². The third-order valence-corrected chi connectivity index (χ3v) is 5.51. The Morgan fingerprint density at radius 1 is 1.00 bits per heavy atom. The molecular formula is C22H31N3O6. The molecule has 9 nitrogen and oxygen atoms in total. The monoisotopic (exact) mass is 433 g/mol. The first-order valence-electron chi connectivity index (χ1n) is 10.4. The average molecular weight is 434 g/mol. The Morgan fingerprint density at radius 3 is 2.23 bits per heavy atom. The van der Waals surface area contributed by atoms with Crippen molar-refractivity contribution >= 4 is 17.5 Å². The number of methoxy groups -OCH3 is 3. The van der Waals surface area contributed by atoms with Crippen LogP contribution in [0.15, 0.2) is 18.2 Å². The SMILES string of the molecule is COc1cc(OC)c(C2=CCN(C(=O)NCCC(=O)N3CCOCC3)CC2)c(OC)c1. The van der Waals surface area contributed by atoms with Crippen molar-refractivity contribution in [3.8, 4) is 17.2 Å². The predicted octanol–water partition coefficient (Wildman–Crippen LogP) is 1.76. The molecule has 0 unspecified atom stereocenters. The number of carbonyl (C=O) groups excluding carboxylic acids is 2. The minimum atomic E-state index is -0.168. The summed E-state index contributed by atoms with van der Waals surface area (Å²) in [5, 5.41) is 2.85. The summed E-state index contributed by atoms with van der Waals surface area (Å²) in [6.07, 6.45) is 2.97. The van der Waals surface area contributed by atoms with Crippen LogP contribution in [-0.2, 0) is 9.53 Å². The summed E-state index contributed by atoms with van der Waals surface area (Å²) in [6.45, 7) is 3.73. The molecule has 0 aromatic heterocycles. The Kier molecular flexibility index (Phi) is 8.00. The largest absolute Gasteiger partial charge is 0.496 e. The molecule has 1 aromatic carbocycles. The molecule has 1 saturated heterocycles. The van der Waals surface area contributed by atoms with Gasteiger partial charge in [-0.1, -0.05) is 6.08 Å².